The Hall–Kier alpha value is -3.87. The summed E-state index contributed by atoms with van der Waals surface area (Å²) >= 11 is 0. The Morgan fingerprint density at radius 1 is 1.00 bits per heavy atom. The Labute approximate surface area is 184 Å². The summed E-state index contributed by atoms with van der Waals surface area (Å²) in [5, 5.41) is 3.93. The monoisotopic (exact) mass is 436 g/mol. The fraction of sp³-hybridized carbons (Fsp3) is 0.160. The summed E-state index contributed by atoms with van der Waals surface area (Å²) < 4.78 is 35.2. The van der Waals surface area contributed by atoms with E-state index in [0.29, 0.717) is 0 Å². The third-order valence-electron chi connectivity index (χ3n) is 5.33. The number of hydrogen-bond acceptors (Lipinski definition) is 3. The molecule has 0 spiro atoms. The largest absolute Gasteiger partial charge is 0.497 e. The van der Waals surface area contributed by atoms with Crippen LogP contribution in [0.2, 0.25) is 0 Å². The Morgan fingerprint density at radius 3 is 2.47 bits per heavy atom. The highest BCUT2D eigenvalue weighted by Gasteiger charge is 2.21. The number of nitrogens with one attached hydrogen (secondary N) is 2. The molecular formula is C25H22F2N2O3. The topological polar surface area (TPSA) is 63.4 Å². The van der Waals surface area contributed by atoms with Gasteiger partial charge in [-0.05, 0) is 41.5 Å². The second-order valence-corrected chi connectivity index (χ2v) is 7.20. The highest BCUT2D eigenvalue weighted by Crippen LogP contribution is 2.31. The predicted octanol–water partition coefficient (Wildman–Crippen LogP) is 5.34. The number of carbonyl (C=O) groups excluding carboxylic acids is 1. The van der Waals surface area contributed by atoms with Crippen molar-refractivity contribution >= 4 is 16.8 Å². The van der Waals surface area contributed by atoms with Crippen molar-refractivity contribution in [1.82, 2.24) is 10.3 Å². The minimum Gasteiger partial charge on any atom is -0.497 e. The zero-order valence-corrected chi connectivity index (χ0v) is 17.3. The van der Waals surface area contributed by atoms with Gasteiger partial charge in [0.05, 0.1) is 12.7 Å². The summed E-state index contributed by atoms with van der Waals surface area (Å²) in [6.07, 6.45) is 1.93. The lowest BCUT2D eigenvalue weighted by Gasteiger charge is -2.19. The van der Waals surface area contributed by atoms with Crippen LogP contribution in [0.5, 0.6) is 11.5 Å². The molecule has 0 aliphatic rings. The third kappa shape index (κ3) is 4.56. The number of fused-ring (bicyclic) bond motifs is 1. The van der Waals surface area contributed by atoms with E-state index in [4.69, 9.17) is 4.74 Å². The highest BCUT2D eigenvalue weighted by atomic mass is 19.3. The zero-order chi connectivity index (χ0) is 22.5. The molecule has 0 fully saturated rings. The molecule has 0 saturated heterocycles. The van der Waals surface area contributed by atoms with E-state index in [0.717, 1.165) is 27.8 Å². The van der Waals surface area contributed by atoms with Crippen molar-refractivity contribution in [3.8, 4) is 11.5 Å². The molecule has 32 heavy (non-hydrogen) atoms. The smallest absolute Gasteiger partial charge is 0.387 e. The molecule has 2 N–H and O–H groups in total. The number of aromatic nitrogens is 1. The number of H-pyrrole nitrogens is 1. The first-order chi connectivity index (χ1) is 15.6. The van der Waals surface area contributed by atoms with Crippen LogP contribution in [0.4, 0.5) is 8.78 Å². The van der Waals surface area contributed by atoms with Gasteiger partial charge in [-0.1, -0.05) is 42.5 Å². The Balaban J connectivity index is 1.63. The maximum atomic E-state index is 12.9. The molecule has 0 aliphatic heterocycles. The summed E-state index contributed by atoms with van der Waals surface area (Å²) in [6.45, 7) is -2.75. The first kappa shape index (κ1) is 21.4. The summed E-state index contributed by atoms with van der Waals surface area (Å²) in [7, 11) is 1.60. The minimum absolute atomic E-state index is 0.0557. The standard InChI is InChI=1S/C25H22F2N2O3/c1-31-17-12-10-16(11-13-17)20(21-15-28-22-8-4-2-6-18(21)22)14-29-24(30)19-7-3-5-9-23(19)32-25(26)27/h2-13,15,20,25,28H,14H2,1H3,(H,29,30). The number of para-hydroxylation sites is 2. The van der Waals surface area contributed by atoms with Gasteiger partial charge in [0.1, 0.15) is 11.5 Å². The van der Waals surface area contributed by atoms with E-state index in [1.165, 1.54) is 12.1 Å². The minimum atomic E-state index is -3.01. The third-order valence-corrected chi connectivity index (χ3v) is 5.33. The van der Waals surface area contributed by atoms with Crippen molar-refractivity contribution in [2.75, 3.05) is 13.7 Å². The van der Waals surface area contributed by atoms with Gasteiger partial charge < -0.3 is 19.8 Å². The summed E-state index contributed by atoms with van der Waals surface area (Å²) in [5.74, 6) is -0.0922. The lowest BCUT2D eigenvalue weighted by Crippen LogP contribution is -2.29. The van der Waals surface area contributed by atoms with Crippen LogP contribution in [0.1, 0.15) is 27.4 Å². The quantitative estimate of drug-likeness (QED) is 0.392. The molecule has 0 aliphatic carbocycles. The van der Waals surface area contributed by atoms with E-state index in [2.05, 4.69) is 15.0 Å². The molecule has 4 rings (SSSR count). The fourth-order valence-corrected chi connectivity index (χ4v) is 3.77. The van der Waals surface area contributed by atoms with Crippen molar-refractivity contribution in [2.24, 2.45) is 0 Å². The number of aromatic amines is 1. The molecule has 1 unspecified atom stereocenters. The zero-order valence-electron chi connectivity index (χ0n) is 17.3. The van der Waals surface area contributed by atoms with E-state index in [9.17, 15) is 13.6 Å². The molecule has 1 atom stereocenters. The molecule has 1 heterocycles. The molecule has 7 heteroatoms. The van der Waals surface area contributed by atoms with Crippen molar-refractivity contribution in [1.29, 1.82) is 0 Å². The normalized spacial score (nSPS) is 12.0. The molecule has 0 radical (unpaired) electrons. The first-order valence-corrected chi connectivity index (χ1v) is 10.1. The van der Waals surface area contributed by atoms with E-state index in [1.807, 2.05) is 54.7 Å². The maximum Gasteiger partial charge on any atom is 0.387 e. The molecule has 0 bridgehead atoms. The Morgan fingerprint density at radius 2 is 1.72 bits per heavy atom. The number of rotatable bonds is 8. The van der Waals surface area contributed by atoms with Crippen molar-refractivity contribution in [3.63, 3.8) is 0 Å². The van der Waals surface area contributed by atoms with Crippen molar-refractivity contribution in [3.05, 3.63) is 95.7 Å². The average Bonchev–Trinajstić information content (AvgIpc) is 3.23. The molecule has 4 aromatic rings. The number of carbonyl (C=O) groups is 1. The number of hydrogen-bond donors (Lipinski definition) is 2. The van der Waals surface area contributed by atoms with Crippen LogP contribution >= 0.6 is 0 Å². The van der Waals surface area contributed by atoms with Crippen LogP contribution in [-0.2, 0) is 0 Å². The van der Waals surface area contributed by atoms with Crippen molar-refractivity contribution < 1.29 is 23.0 Å². The van der Waals surface area contributed by atoms with Crippen LogP contribution in [0, 0.1) is 0 Å². The van der Waals surface area contributed by atoms with Crippen LogP contribution in [0.3, 0.4) is 0 Å². The number of amides is 1. The number of alkyl halides is 2. The second kappa shape index (κ2) is 9.51. The van der Waals surface area contributed by atoms with Crippen LogP contribution in [-0.4, -0.2) is 31.2 Å². The van der Waals surface area contributed by atoms with Gasteiger partial charge in [0.15, 0.2) is 0 Å². The lowest BCUT2D eigenvalue weighted by atomic mass is 9.90. The van der Waals surface area contributed by atoms with Gasteiger partial charge in [-0.3, -0.25) is 4.79 Å². The maximum absolute atomic E-state index is 12.9. The van der Waals surface area contributed by atoms with Crippen molar-refractivity contribution in [2.45, 2.75) is 12.5 Å². The Bertz CT molecular complexity index is 1210. The number of ether oxygens (including phenoxy) is 2. The second-order valence-electron chi connectivity index (χ2n) is 7.20. The molecule has 5 nitrogen and oxygen atoms in total. The molecular weight excluding hydrogens is 414 g/mol. The van der Waals surface area contributed by atoms with Gasteiger partial charge in [0.2, 0.25) is 0 Å². The summed E-state index contributed by atoms with van der Waals surface area (Å²) in [5.41, 5.74) is 3.04. The molecule has 3 aromatic carbocycles. The van der Waals surface area contributed by atoms with Gasteiger partial charge in [0, 0.05) is 29.6 Å². The summed E-state index contributed by atoms with van der Waals surface area (Å²) in [6, 6.07) is 21.5. The van der Waals surface area contributed by atoms with Gasteiger partial charge in [-0.2, -0.15) is 8.78 Å². The number of methoxy groups -OCH3 is 1. The van der Waals surface area contributed by atoms with Crippen LogP contribution < -0.4 is 14.8 Å². The number of halogens is 2. The van der Waals surface area contributed by atoms with Gasteiger partial charge in [-0.25, -0.2) is 0 Å². The first-order valence-electron chi connectivity index (χ1n) is 10.1. The predicted molar refractivity (Wildman–Crippen MR) is 119 cm³/mol. The van der Waals surface area contributed by atoms with Gasteiger partial charge in [-0.15, -0.1) is 0 Å². The van der Waals surface area contributed by atoms with Gasteiger partial charge in [0.25, 0.3) is 5.91 Å². The highest BCUT2D eigenvalue weighted by molar-refractivity contribution is 5.97. The average molecular weight is 436 g/mol. The van der Waals surface area contributed by atoms with E-state index >= 15 is 0 Å². The lowest BCUT2D eigenvalue weighted by molar-refractivity contribution is -0.0501. The fourth-order valence-electron chi connectivity index (χ4n) is 3.77. The SMILES string of the molecule is COc1ccc(C(CNC(=O)c2ccccc2OC(F)F)c2c[nH]c3ccccc23)cc1. The molecule has 1 amide bonds. The molecule has 164 valence electrons. The van der Waals surface area contributed by atoms with E-state index in [-0.39, 0.29) is 23.8 Å². The molecule has 1 aromatic heterocycles. The van der Waals surface area contributed by atoms with E-state index < -0.39 is 12.5 Å². The van der Waals surface area contributed by atoms with Crippen LogP contribution in [0.15, 0.2) is 79.0 Å². The van der Waals surface area contributed by atoms with Crippen LogP contribution in [0.25, 0.3) is 10.9 Å². The summed E-state index contributed by atoms with van der Waals surface area (Å²) in [4.78, 5) is 16.1. The van der Waals surface area contributed by atoms with E-state index in [1.54, 1.807) is 19.2 Å². The number of benzene rings is 3. The Kier molecular flexibility index (Phi) is 6.35. The molecule has 0 saturated carbocycles. The van der Waals surface area contributed by atoms with Gasteiger partial charge >= 0.3 is 6.61 Å².